The first-order valence-corrected chi connectivity index (χ1v) is 5.83. The summed E-state index contributed by atoms with van der Waals surface area (Å²) in [6.07, 6.45) is 0. The lowest BCUT2D eigenvalue weighted by Gasteiger charge is -2.40. The molecule has 1 aliphatic rings. The van der Waals surface area contributed by atoms with Gasteiger partial charge in [-0.3, -0.25) is 9.69 Å². The Morgan fingerprint density at radius 1 is 1.56 bits per heavy atom. The molecule has 2 N–H and O–H groups in total. The summed E-state index contributed by atoms with van der Waals surface area (Å²) in [7, 11) is 1.71. The number of methoxy groups -OCH3 is 1. The van der Waals surface area contributed by atoms with Crippen molar-refractivity contribution in [2.24, 2.45) is 5.73 Å². The molecule has 0 saturated carbocycles. The predicted molar refractivity (Wildman–Crippen MR) is 63.1 cm³/mol. The lowest BCUT2D eigenvalue weighted by atomic mass is 10.1. The highest BCUT2D eigenvalue weighted by Gasteiger charge is 2.27. The summed E-state index contributed by atoms with van der Waals surface area (Å²) in [5.41, 5.74) is 5.60. The Morgan fingerprint density at radius 3 is 2.75 bits per heavy atom. The van der Waals surface area contributed by atoms with E-state index in [2.05, 4.69) is 11.8 Å². The van der Waals surface area contributed by atoms with Gasteiger partial charge in [-0.05, 0) is 13.8 Å². The summed E-state index contributed by atoms with van der Waals surface area (Å²) in [4.78, 5) is 15.9. The van der Waals surface area contributed by atoms with Crippen molar-refractivity contribution in [1.29, 1.82) is 0 Å². The molecule has 5 nitrogen and oxygen atoms in total. The first-order chi connectivity index (χ1) is 7.56. The number of carbonyl (C=O) groups excluding carboxylic acids is 1. The largest absolute Gasteiger partial charge is 0.383 e. The number of amides is 1. The van der Waals surface area contributed by atoms with Gasteiger partial charge < -0.3 is 15.4 Å². The van der Waals surface area contributed by atoms with Crippen LogP contribution in [0.4, 0.5) is 0 Å². The molecular weight excluding hydrogens is 206 g/mol. The summed E-state index contributed by atoms with van der Waals surface area (Å²) in [6, 6.07) is -0.00988. The Hall–Kier alpha value is -0.650. The fourth-order valence-corrected chi connectivity index (χ4v) is 2.02. The van der Waals surface area contributed by atoms with Crippen molar-refractivity contribution in [2.45, 2.75) is 25.9 Å². The Labute approximate surface area is 97.5 Å². The van der Waals surface area contributed by atoms with E-state index in [0.717, 1.165) is 32.8 Å². The standard InChI is InChI=1S/C11H23N3O2/c1-9-8-14(11(15)10(2)12)5-4-13(9)6-7-16-3/h9-10H,4-8,12H2,1-3H3. The molecule has 1 aliphatic heterocycles. The van der Waals surface area contributed by atoms with Gasteiger partial charge in [-0.15, -0.1) is 0 Å². The average Bonchev–Trinajstić information content (AvgIpc) is 2.26. The maximum atomic E-state index is 11.7. The van der Waals surface area contributed by atoms with Crippen molar-refractivity contribution in [3.05, 3.63) is 0 Å². The van der Waals surface area contributed by atoms with Crippen molar-refractivity contribution >= 4 is 5.91 Å². The van der Waals surface area contributed by atoms with Gasteiger partial charge in [0.1, 0.15) is 0 Å². The molecule has 16 heavy (non-hydrogen) atoms. The molecular formula is C11H23N3O2. The van der Waals surface area contributed by atoms with Crippen LogP contribution >= 0.6 is 0 Å². The molecule has 2 atom stereocenters. The Bertz CT molecular complexity index is 233. The Kier molecular flexibility index (Phi) is 5.18. The maximum Gasteiger partial charge on any atom is 0.239 e. The highest BCUT2D eigenvalue weighted by Crippen LogP contribution is 2.09. The summed E-state index contributed by atoms with van der Waals surface area (Å²) < 4.78 is 5.06. The van der Waals surface area contributed by atoms with Gasteiger partial charge in [0, 0.05) is 39.3 Å². The monoisotopic (exact) mass is 229 g/mol. The van der Waals surface area contributed by atoms with E-state index in [1.165, 1.54) is 0 Å². The zero-order valence-electron chi connectivity index (χ0n) is 10.5. The summed E-state index contributed by atoms with van der Waals surface area (Å²) in [6.45, 7) is 7.99. The second kappa shape index (κ2) is 6.18. The molecule has 0 radical (unpaired) electrons. The Balaban J connectivity index is 2.42. The number of hydrogen-bond acceptors (Lipinski definition) is 4. The van der Waals surface area contributed by atoms with Gasteiger partial charge in [-0.2, -0.15) is 0 Å². The minimum atomic E-state index is -0.391. The van der Waals surface area contributed by atoms with E-state index in [0.29, 0.717) is 6.04 Å². The molecule has 0 bridgehead atoms. The van der Waals surface area contributed by atoms with Crippen LogP contribution < -0.4 is 5.73 Å². The van der Waals surface area contributed by atoms with Gasteiger partial charge in [-0.25, -0.2) is 0 Å². The number of hydrogen-bond donors (Lipinski definition) is 1. The van der Waals surface area contributed by atoms with E-state index < -0.39 is 6.04 Å². The molecule has 1 rings (SSSR count). The highest BCUT2D eigenvalue weighted by atomic mass is 16.5. The number of nitrogens with two attached hydrogens (primary N) is 1. The van der Waals surface area contributed by atoms with Crippen LogP contribution in [0, 0.1) is 0 Å². The van der Waals surface area contributed by atoms with Gasteiger partial charge in [0.05, 0.1) is 12.6 Å². The van der Waals surface area contributed by atoms with Gasteiger partial charge in [0.25, 0.3) is 0 Å². The fourth-order valence-electron chi connectivity index (χ4n) is 2.02. The van der Waals surface area contributed by atoms with Crippen molar-refractivity contribution in [2.75, 3.05) is 39.9 Å². The minimum absolute atomic E-state index is 0.0539. The van der Waals surface area contributed by atoms with E-state index in [1.54, 1.807) is 14.0 Å². The van der Waals surface area contributed by atoms with Gasteiger partial charge in [-0.1, -0.05) is 0 Å². The zero-order valence-corrected chi connectivity index (χ0v) is 10.5. The van der Waals surface area contributed by atoms with Crippen LogP contribution in [-0.4, -0.2) is 67.7 Å². The van der Waals surface area contributed by atoms with E-state index in [9.17, 15) is 4.79 Å². The van der Waals surface area contributed by atoms with Crippen LogP contribution in [-0.2, 0) is 9.53 Å². The van der Waals surface area contributed by atoms with Crippen molar-refractivity contribution in [3.63, 3.8) is 0 Å². The SMILES string of the molecule is COCCN1CCN(C(=O)C(C)N)CC1C. The van der Waals surface area contributed by atoms with Crippen LogP contribution in [0.15, 0.2) is 0 Å². The number of carbonyl (C=O) groups is 1. The van der Waals surface area contributed by atoms with Crippen LogP contribution in [0.5, 0.6) is 0 Å². The molecule has 1 fully saturated rings. The minimum Gasteiger partial charge on any atom is -0.383 e. The third kappa shape index (κ3) is 3.43. The molecule has 2 unspecified atom stereocenters. The van der Waals surface area contributed by atoms with Crippen LogP contribution in [0.2, 0.25) is 0 Å². The molecule has 0 aromatic heterocycles. The highest BCUT2D eigenvalue weighted by molar-refractivity contribution is 5.81. The zero-order chi connectivity index (χ0) is 12.1. The molecule has 1 heterocycles. The summed E-state index contributed by atoms with van der Waals surface area (Å²) >= 11 is 0. The fraction of sp³-hybridized carbons (Fsp3) is 0.909. The number of nitrogens with zero attached hydrogens (tertiary/aromatic N) is 2. The van der Waals surface area contributed by atoms with Gasteiger partial charge in [0.15, 0.2) is 0 Å². The van der Waals surface area contributed by atoms with Gasteiger partial charge >= 0.3 is 0 Å². The number of piperazine rings is 1. The lowest BCUT2D eigenvalue weighted by Crippen LogP contribution is -2.56. The van der Waals surface area contributed by atoms with E-state index in [-0.39, 0.29) is 5.91 Å². The third-order valence-electron chi connectivity index (χ3n) is 3.05. The van der Waals surface area contributed by atoms with E-state index in [1.807, 2.05) is 4.90 Å². The van der Waals surface area contributed by atoms with Crippen LogP contribution in [0.1, 0.15) is 13.8 Å². The first kappa shape index (κ1) is 13.4. The number of ether oxygens (including phenoxy) is 1. The van der Waals surface area contributed by atoms with Crippen molar-refractivity contribution < 1.29 is 9.53 Å². The predicted octanol–water partition coefficient (Wildman–Crippen LogP) is -0.487. The molecule has 0 spiro atoms. The second-order valence-electron chi connectivity index (χ2n) is 4.45. The quantitative estimate of drug-likeness (QED) is 0.707. The topological polar surface area (TPSA) is 58.8 Å². The average molecular weight is 229 g/mol. The normalized spacial score (nSPS) is 24.5. The molecule has 5 heteroatoms. The Morgan fingerprint density at radius 2 is 2.25 bits per heavy atom. The van der Waals surface area contributed by atoms with Crippen molar-refractivity contribution in [3.8, 4) is 0 Å². The second-order valence-corrected chi connectivity index (χ2v) is 4.45. The molecule has 0 aromatic rings. The van der Waals surface area contributed by atoms with Crippen LogP contribution in [0.3, 0.4) is 0 Å². The summed E-state index contributed by atoms with van der Waals surface area (Å²) in [5, 5.41) is 0. The molecule has 94 valence electrons. The maximum absolute atomic E-state index is 11.7. The lowest BCUT2D eigenvalue weighted by molar-refractivity contribution is -0.135. The summed E-state index contributed by atoms with van der Waals surface area (Å²) in [5.74, 6) is 0.0539. The van der Waals surface area contributed by atoms with Gasteiger partial charge in [0.2, 0.25) is 5.91 Å². The van der Waals surface area contributed by atoms with E-state index in [4.69, 9.17) is 10.5 Å². The molecule has 0 aliphatic carbocycles. The van der Waals surface area contributed by atoms with Crippen LogP contribution in [0.25, 0.3) is 0 Å². The molecule has 1 saturated heterocycles. The molecule has 0 aromatic carbocycles. The smallest absolute Gasteiger partial charge is 0.239 e. The number of rotatable bonds is 4. The van der Waals surface area contributed by atoms with E-state index >= 15 is 0 Å². The van der Waals surface area contributed by atoms with Crippen molar-refractivity contribution in [1.82, 2.24) is 9.80 Å². The first-order valence-electron chi connectivity index (χ1n) is 5.83. The molecule has 1 amide bonds. The third-order valence-corrected chi connectivity index (χ3v) is 3.05.